The lowest BCUT2D eigenvalue weighted by molar-refractivity contribution is -0.918. The Hall–Kier alpha value is -1.89. The summed E-state index contributed by atoms with van der Waals surface area (Å²) < 4.78 is 28.8. The minimum Gasteiger partial charge on any atom is -0.378 e. The van der Waals surface area contributed by atoms with Crippen molar-refractivity contribution in [3.63, 3.8) is 0 Å². The van der Waals surface area contributed by atoms with Crippen molar-refractivity contribution >= 4 is 15.7 Å². The van der Waals surface area contributed by atoms with E-state index in [1.54, 1.807) is 6.07 Å². The first-order valence-corrected chi connectivity index (χ1v) is 11.4. The summed E-state index contributed by atoms with van der Waals surface area (Å²) in [4.78, 5) is 3.91. The van der Waals surface area contributed by atoms with E-state index in [0.717, 1.165) is 29.9 Å². The summed E-state index contributed by atoms with van der Waals surface area (Å²) in [5.74, 6) is 0. The van der Waals surface area contributed by atoms with Crippen LogP contribution in [0.3, 0.4) is 0 Å². The molecule has 0 aromatic heterocycles. The fourth-order valence-electron chi connectivity index (χ4n) is 3.95. The molecule has 5 nitrogen and oxygen atoms in total. The second-order valence-electron chi connectivity index (χ2n) is 8.02. The number of rotatable bonds is 7. The first-order valence-electron chi connectivity index (χ1n) is 9.97. The molecule has 152 valence electrons. The summed E-state index contributed by atoms with van der Waals surface area (Å²) in [5.41, 5.74) is 4.06. The maximum Gasteiger partial charge on any atom is 0.241 e. The van der Waals surface area contributed by atoms with Crippen LogP contribution in [0.5, 0.6) is 0 Å². The molecule has 1 heterocycles. The van der Waals surface area contributed by atoms with Crippen molar-refractivity contribution in [3.8, 4) is 0 Å². The van der Waals surface area contributed by atoms with Crippen molar-refractivity contribution in [1.82, 2.24) is 4.72 Å². The summed E-state index contributed by atoms with van der Waals surface area (Å²) in [5, 5.41) is 0. The number of nitrogens with zero attached hydrogens (tertiary/aromatic N) is 1. The summed E-state index contributed by atoms with van der Waals surface area (Å²) in [6.45, 7) is 6.35. The van der Waals surface area contributed by atoms with E-state index in [9.17, 15) is 8.42 Å². The van der Waals surface area contributed by atoms with Crippen LogP contribution in [0.25, 0.3) is 0 Å². The van der Waals surface area contributed by atoms with Gasteiger partial charge in [0.15, 0.2) is 0 Å². The average Bonchev–Trinajstić information content (AvgIpc) is 3.18. The van der Waals surface area contributed by atoms with Crippen molar-refractivity contribution in [2.24, 2.45) is 0 Å². The predicted octanol–water partition coefficient (Wildman–Crippen LogP) is 2.07. The fourth-order valence-corrected chi connectivity index (χ4v) is 5.32. The number of sulfonamides is 1. The van der Waals surface area contributed by atoms with Crippen molar-refractivity contribution in [2.45, 2.75) is 37.6 Å². The molecular formula is C22H32N3O2S+. The van der Waals surface area contributed by atoms with Crippen LogP contribution in [0.1, 0.15) is 35.6 Å². The number of aryl methyl sites for hydroxylation is 2. The molecule has 1 atom stereocenters. The van der Waals surface area contributed by atoms with Crippen LogP contribution in [-0.2, 0) is 10.0 Å². The van der Waals surface area contributed by atoms with E-state index >= 15 is 0 Å². The van der Waals surface area contributed by atoms with E-state index in [0.29, 0.717) is 11.4 Å². The van der Waals surface area contributed by atoms with Crippen LogP contribution < -0.4 is 14.5 Å². The molecule has 0 saturated carbocycles. The highest BCUT2D eigenvalue weighted by Crippen LogP contribution is 2.19. The molecule has 28 heavy (non-hydrogen) atoms. The van der Waals surface area contributed by atoms with Gasteiger partial charge in [0.1, 0.15) is 6.04 Å². The Morgan fingerprint density at radius 3 is 2.29 bits per heavy atom. The van der Waals surface area contributed by atoms with Gasteiger partial charge >= 0.3 is 0 Å². The number of hydrogen-bond acceptors (Lipinski definition) is 3. The zero-order chi connectivity index (χ0) is 20.3. The quantitative estimate of drug-likeness (QED) is 0.746. The van der Waals surface area contributed by atoms with Gasteiger partial charge in [0.2, 0.25) is 10.0 Å². The second kappa shape index (κ2) is 8.64. The van der Waals surface area contributed by atoms with Gasteiger partial charge in [-0.2, -0.15) is 0 Å². The van der Waals surface area contributed by atoms with Gasteiger partial charge in [-0.1, -0.05) is 24.3 Å². The molecule has 2 aromatic rings. The highest BCUT2D eigenvalue weighted by Gasteiger charge is 2.29. The van der Waals surface area contributed by atoms with Gasteiger partial charge in [-0.05, 0) is 43.2 Å². The van der Waals surface area contributed by atoms with E-state index in [1.165, 1.54) is 23.3 Å². The summed E-state index contributed by atoms with van der Waals surface area (Å²) in [7, 11) is 0.509. The first-order chi connectivity index (χ1) is 13.3. The van der Waals surface area contributed by atoms with Crippen molar-refractivity contribution < 1.29 is 13.3 Å². The molecule has 0 spiro atoms. The third-order valence-corrected chi connectivity index (χ3v) is 7.23. The Morgan fingerprint density at radius 1 is 1.04 bits per heavy atom. The predicted molar refractivity (Wildman–Crippen MR) is 115 cm³/mol. The normalized spacial score (nSPS) is 16.3. The lowest BCUT2D eigenvalue weighted by Gasteiger charge is -2.26. The van der Waals surface area contributed by atoms with Crippen molar-refractivity contribution in [1.29, 1.82) is 0 Å². The van der Waals surface area contributed by atoms with Crippen molar-refractivity contribution in [2.75, 3.05) is 38.6 Å². The van der Waals surface area contributed by atoms with Gasteiger partial charge in [0.05, 0.1) is 24.5 Å². The molecule has 1 saturated heterocycles. The number of nitrogens with one attached hydrogen (secondary N) is 2. The van der Waals surface area contributed by atoms with E-state index < -0.39 is 10.0 Å². The monoisotopic (exact) mass is 402 g/mol. The minimum absolute atomic E-state index is 0.124. The topological polar surface area (TPSA) is 53.9 Å². The van der Waals surface area contributed by atoms with Crippen LogP contribution in [-0.4, -0.2) is 42.1 Å². The molecule has 2 N–H and O–H groups in total. The van der Waals surface area contributed by atoms with Gasteiger partial charge in [0.25, 0.3) is 0 Å². The number of quaternary nitrogens is 1. The van der Waals surface area contributed by atoms with Gasteiger partial charge in [-0.25, -0.2) is 13.1 Å². The molecular weight excluding hydrogens is 370 g/mol. The zero-order valence-corrected chi connectivity index (χ0v) is 18.1. The molecule has 0 bridgehead atoms. The Bertz CT molecular complexity index is 902. The molecule has 1 aliphatic rings. The summed E-state index contributed by atoms with van der Waals surface area (Å²) in [6.07, 6.45) is 2.40. The molecule has 0 aliphatic carbocycles. The molecule has 0 radical (unpaired) electrons. The largest absolute Gasteiger partial charge is 0.378 e. The molecule has 6 heteroatoms. The van der Waals surface area contributed by atoms with Gasteiger partial charge in [-0.15, -0.1) is 0 Å². The van der Waals surface area contributed by atoms with Crippen LogP contribution >= 0.6 is 0 Å². The smallest absolute Gasteiger partial charge is 0.241 e. The summed E-state index contributed by atoms with van der Waals surface area (Å²) in [6, 6.07) is 14.2. The molecule has 0 amide bonds. The molecule has 3 rings (SSSR count). The van der Waals surface area contributed by atoms with E-state index in [2.05, 4.69) is 33.9 Å². The molecule has 0 unspecified atom stereocenters. The lowest BCUT2D eigenvalue weighted by atomic mass is 10.1. The number of hydrogen-bond donors (Lipinski definition) is 2. The van der Waals surface area contributed by atoms with Gasteiger partial charge in [0, 0.05) is 38.2 Å². The summed E-state index contributed by atoms with van der Waals surface area (Å²) >= 11 is 0. The highest BCUT2D eigenvalue weighted by molar-refractivity contribution is 7.89. The molecule has 2 aromatic carbocycles. The lowest BCUT2D eigenvalue weighted by Crippen LogP contribution is -3.11. The van der Waals surface area contributed by atoms with Crippen LogP contribution in [0.4, 0.5) is 5.69 Å². The van der Waals surface area contributed by atoms with Crippen LogP contribution in [0.15, 0.2) is 47.4 Å². The number of anilines is 1. The Labute approximate surface area is 169 Å². The van der Waals surface area contributed by atoms with Gasteiger partial charge in [-0.3, -0.25) is 0 Å². The Morgan fingerprint density at radius 2 is 1.68 bits per heavy atom. The van der Waals surface area contributed by atoms with Crippen LogP contribution in [0, 0.1) is 13.8 Å². The maximum atomic E-state index is 13.0. The SMILES string of the molecule is Cc1ccc(C)c(S(=O)(=O)NC[C@@H](c2ccc(N(C)C)cc2)[NH+]2CCCC2)c1. The first kappa shape index (κ1) is 20.8. The minimum atomic E-state index is -3.54. The van der Waals surface area contributed by atoms with E-state index in [1.807, 2.05) is 40.1 Å². The van der Waals surface area contributed by atoms with E-state index in [4.69, 9.17) is 0 Å². The van der Waals surface area contributed by atoms with Gasteiger partial charge < -0.3 is 9.80 Å². The molecule has 1 fully saturated rings. The van der Waals surface area contributed by atoms with E-state index in [-0.39, 0.29) is 6.04 Å². The standard InChI is InChI=1S/C22H31N3O2S/c1-17-7-8-18(2)22(15-17)28(26,27)23-16-21(25-13-5-6-14-25)19-9-11-20(12-10-19)24(3)4/h7-12,15,21,23H,5-6,13-14,16H2,1-4H3/p+1/t21-/m0/s1. The third kappa shape index (κ3) is 4.74. The maximum absolute atomic E-state index is 13.0. The fraction of sp³-hybridized carbons (Fsp3) is 0.455. The second-order valence-corrected chi connectivity index (χ2v) is 9.76. The highest BCUT2D eigenvalue weighted by atomic mass is 32.2. The third-order valence-electron chi connectivity index (χ3n) is 5.66. The molecule has 1 aliphatic heterocycles. The zero-order valence-electron chi connectivity index (χ0n) is 17.3. The number of likely N-dealkylation sites (tertiary alicyclic amines) is 1. The number of benzene rings is 2. The Kier molecular flexibility index (Phi) is 6.43. The average molecular weight is 403 g/mol. The van der Waals surface area contributed by atoms with Crippen LogP contribution in [0.2, 0.25) is 0 Å². The Balaban J connectivity index is 1.82. The van der Waals surface area contributed by atoms with Crippen molar-refractivity contribution in [3.05, 3.63) is 59.2 Å².